The Hall–Kier alpha value is -3.76. The third-order valence-electron chi connectivity index (χ3n) is 9.06. The highest BCUT2D eigenvalue weighted by atomic mass is 32.1. The van der Waals surface area contributed by atoms with Crippen LogP contribution in [0, 0.1) is 0 Å². The smallest absolute Gasteiger partial charge is 0.260 e. The summed E-state index contributed by atoms with van der Waals surface area (Å²) in [7, 11) is 0. The van der Waals surface area contributed by atoms with Crippen molar-refractivity contribution in [2.75, 3.05) is 0 Å². The maximum Gasteiger partial charge on any atom is 0.260 e. The number of hydrogen-bond donors (Lipinski definition) is 0. The Balaban J connectivity index is 1.37. The van der Waals surface area contributed by atoms with E-state index >= 15 is 0 Å². The second-order valence-corrected chi connectivity index (χ2v) is 13.4. The first kappa shape index (κ1) is 22.1. The monoisotopic (exact) mass is 522 g/mol. The second kappa shape index (κ2) is 7.46. The number of thiophene rings is 1. The predicted octanol–water partition coefficient (Wildman–Crippen LogP) is 7.72. The fourth-order valence-corrected chi connectivity index (χ4v) is 8.42. The number of hydrogen-bond acceptors (Lipinski definition) is 3. The fourth-order valence-electron chi connectivity index (χ4n) is 7.03. The Morgan fingerprint density at radius 1 is 0.718 bits per heavy atom. The molecule has 5 aromatic carbocycles. The van der Waals surface area contributed by atoms with Crippen molar-refractivity contribution < 1.29 is 9.47 Å². The summed E-state index contributed by atoms with van der Waals surface area (Å²) in [6.45, 7) is 6.83. The van der Waals surface area contributed by atoms with E-state index in [-0.39, 0.29) is 12.1 Å². The van der Waals surface area contributed by atoms with E-state index in [1.54, 1.807) is 5.56 Å². The van der Waals surface area contributed by atoms with Gasteiger partial charge in [-0.05, 0) is 81.3 Å². The lowest BCUT2D eigenvalue weighted by atomic mass is 9.34. The highest BCUT2D eigenvalue weighted by Crippen LogP contribution is 2.46. The van der Waals surface area contributed by atoms with Gasteiger partial charge in [-0.25, -0.2) is 0 Å². The summed E-state index contributed by atoms with van der Waals surface area (Å²) in [4.78, 5) is 0. The number of aryl methyl sites for hydroxylation is 2. The third-order valence-corrected chi connectivity index (χ3v) is 10.3. The maximum absolute atomic E-state index is 6.96. The average molecular weight is 522 g/mol. The van der Waals surface area contributed by atoms with Gasteiger partial charge in [-0.2, -0.15) is 0 Å². The molecular formula is C35H27BO2S. The van der Waals surface area contributed by atoms with E-state index in [1.807, 2.05) is 11.3 Å². The molecule has 2 aliphatic heterocycles. The van der Waals surface area contributed by atoms with E-state index in [4.69, 9.17) is 9.47 Å². The van der Waals surface area contributed by atoms with Crippen LogP contribution >= 0.6 is 11.3 Å². The van der Waals surface area contributed by atoms with Crippen molar-refractivity contribution in [3.63, 3.8) is 0 Å². The lowest BCUT2D eigenvalue weighted by molar-refractivity contribution is 0.461. The zero-order valence-electron chi connectivity index (χ0n) is 22.4. The van der Waals surface area contributed by atoms with E-state index in [1.165, 1.54) is 72.3 Å². The Bertz CT molecular complexity index is 2040. The van der Waals surface area contributed by atoms with Gasteiger partial charge in [-0.1, -0.05) is 75.4 Å². The minimum atomic E-state index is -0.0259. The minimum Gasteiger partial charge on any atom is -0.458 e. The van der Waals surface area contributed by atoms with Crippen molar-refractivity contribution in [2.24, 2.45) is 0 Å². The Morgan fingerprint density at radius 3 is 2.28 bits per heavy atom. The van der Waals surface area contributed by atoms with Crippen LogP contribution in [0.1, 0.15) is 43.9 Å². The molecule has 0 bridgehead atoms. The molecule has 0 N–H and O–H groups in total. The van der Waals surface area contributed by atoms with Crippen molar-refractivity contribution in [1.29, 1.82) is 0 Å². The largest absolute Gasteiger partial charge is 0.458 e. The number of ether oxygens (including phenoxy) is 2. The molecule has 0 amide bonds. The van der Waals surface area contributed by atoms with Crippen LogP contribution in [-0.2, 0) is 18.3 Å². The van der Waals surface area contributed by atoms with Crippen LogP contribution in [-0.4, -0.2) is 6.71 Å². The molecular weight excluding hydrogens is 495 g/mol. The summed E-state index contributed by atoms with van der Waals surface area (Å²) in [6.07, 6.45) is 3.65. The molecule has 9 rings (SSSR count). The van der Waals surface area contributed by atoms with Gasteiger partial charge < -0.3 is 9.47 Å². The first-order chi connectivity index (χ1) is 18.9. The van der Waals surface area contributed by atoms with Crippen LogP contribution in [0.2, 0.25) is 0 Å². The van der Waals surface area contributed by atoms with E-state index in [0.717, 1.165) is 28.5 Å². The summed E-state index contributed by atoms with van der Waals surface area (Å²) in [6, 6.07) is 27.0. The standard InChI is InChI=1S/C35H27BO2S/c1-35(2,3)22-17-29-31-30(18-22)38-32-26(36(31)27-15-20-7-4-5-8-21(20)16-28(27)37-29)14-13-25-24-12-11-19-9-6-10-23(19)33(24)39-34(25)32/h4-5,7-8,11-18H,6,9-10H2,1-3H3. The summed E-state index contributed by atoms with van der Waals surface area (Å²) in [5.41, 5.74) is 7.89. The topological polar surface area (TPSA) is 18.5 Å². The molecule has 0 fully saturated rings. The number of rotatable bonds is 0. The maximum atomic E-state index is 6.96. The van der Waals surface area contributed by atoms with E-state index in [9.17, 15) is 0 Å². The summed E-state index contributed by atoms with van der Waals surface area (Å²) in [5, 5.41) is 5.12. The highest BCUT2D eigenvalue weighted by Gasteiger charge is 2.42. The molecule has 4 heteroatoms. The number of benzene rings is 5. The van der Waals surface area contributed by atoms with Crippen molar-refractivity contribution in [2.45, 2.75) is 45.4 Å². The van der Waals surface area contributed by atoms with E-state index in [2.05, 4.69) is 93.6 Å². The van der Waals surface area contributed by atoms with Gasteiger partial charge >= 0.3 is 0 Å². The molecule has 1 aromatic heterocycles. The molecule has 0 saturated heterocycles. The van der Waals surface area contributed by atoms with Crippen molar-refractivity contribution in [3.05, 3.63) is 89.5 Å². The quantitative estimate of drug-likeness (QED) is 0.190. The van der Waals surface area contributed by atoms with Crippen LogP contribution in [0.4, 0.5) is 0 Å². The first-order valence-corrected chi connectivity index (χ1v) is 14.8. The minimum absolute atomic E-state index is 0.0259. The summed E-state index contributed by atoms with van der Waals surface area (Å²) in [5.74, 6) is 3.83. The molecule has 1 aliphatic carbocycles. The molecule has 0 spiro atoms. The average Bonchev–Trinajstić information content (AvgIpc) is 3.56. The Morgan fingerprint density at radius 2 is 1.46 bits per heavy atom. The van der Waals surface area contributed by atoms with Crippen molar-refractivity contribution >= 4 is 65.4 Å². The lowest BCUT2D eigenvalue weighted by Gasteiger charge is -2.35. The van der Waals surface area contributed by atoms with E-state index < -0.39 is 0 Å². The zero-order valence-corrected chi connectivity index (χ0v) is 23.2. The van der Waals surface area contributed by atoms with Gasteiger partial charge in [0, 0.05) is 20.9 Å². The van der Waals surface area contributed by atoms with Gasteiger partial charge in [0.2, 0.25) is 0 Å². The fraction of sp³-hybridized carbons (Fsp3) is 0.200. The van der Waals surface area contributed by atoms with E-state index in [0.29, 0.717) is 0 Å². The molecule has 2 nitrogen and oxygen atoms in total. The number of fused-ring (bicyclic) bond motifs is 11. The van der Waals surface area contributed by atoms with Gasteiger partial charge in [-0.3, -0.25) is 0 Å². The summed E-state index contributed by atoms with van der Waals surface area (Å²) < 4.78 is 16.4. The highest BCUT2D eigenvalue weighted by molar-refractivity contribution is 7.26. The van der Waals surface area contributed by atoms with Gasteiger partial charge in [0.05, 0.1) is 4.70 Å². The van der Waals surface area contributed by atoms with Crippen LogP contribution in [0.3, 0.4) is 0 Å². The van der Waals surface area contributed by atoms with Gasteiger partial charge in [0.25, 0.3) is 6.71 Å². The second-order valence-electron chi connectivity index (χ2n) is 12.4. The molecule has 0 atom stereocenters. The SMILES string of the molecule is CC(C)(C)c1cc2c3c(c1)Oc1c(ccc4c1sc1c5c(ccc14)CCC5)B3c1cc3ccccc3cc1O2. The Kier molecular flexibility index (Phi) is 4.23. The molecule has 0 unspecified atom stereocenters. The van der Waals surface area contributed by atoms with Crippen molar-refractivity contribution in [3.8, 4) is 23.0 Å². The summed E-state index contributed by atoms with van der Waals surface area (Å²) >= 11 is 1.93. The molecule has 0 saturated carbocycles. The van der Waals surface area contributed by atoms with Crippen LogP contribution in [0.25, 0.3) is 30.9 Å². The van der Waals surface area contributed by atoms with Crippen LogP contribution < -0.4 is 25.9 Å². The van der Waals surface area contributed by atoms with Gasteiger partial charge in [0.1, 0.15) is 23.0 Å². The zero-order chi connectivity index (χ0) is 26.0. The molecule has 3 heterocycles. The lowest BCUT2D eigenvalue weighted by Crippen LogP contribution is -2.57. The van der Waals surface area contributed by atoms with Crippen LogP contribution in [0.15, 0.2) is 72.8 Å². The molecule has 3 aliphatic rings. The van der Waals surface area contributed by atoms with Gasteiger partial charge in [0.15, 0.2) is 0 Å². The molecule has 6 aromatic rings. The van der Waals surface area contributed by atoms with Crippen LogP contribution in [0.5, 0.6) is 23.0 Å². The van der Waals surface area contributed by atoms with Crippen molar-refractivity contribution in [1.82, 2.24) is 0 Å². The molecule has 0 radical (unpaired) electrons. The normalized spacial score (nSPS) is 15.1. The third kappa shape index (κ3) is 2.98. The molecule has 188 valence electrons. The molecule has 39 heavy (non-hydrogen) atoms. The first-order valence-electron chi connectivity index (χ1n) is 14.0. The Labute approximate surface area is 232 Å². The predicted molar refractivity (Wildman–Crippen MR) is 165 cm³/mol. The van der Waals surface area contributed by atoms with Gasteiger partial charge in [-0.15, -0.1) is 11.3 Å².